The molecule has 0 saturated heterocycles. The first kappa shape index (κ1) is 14.7. The third-order valence-electron chi connectivity index (χ3n) is 2.86. The van der Waals surface area contributed by atoms with Gasteiger partial charge in [0.25, 0.3) is 0 Å². The average molecular weight is 293 g/mol. The van der Waals surface area contributed by atoms with Crippen molar-refractivity contribution in [2.45, 2.75) is 12.1 Å². The highest BCUT2D eigenvalue weighted by molar-refractivity contribution is 7.80. The van der Waals surface area contributed by atoms with Gasteiger partial charge in [0.05, 0.1) is 6.04 Å². The summed E-state index contributed by atoms with van der Waals surface area (Å²) in [5.74, 6) is 0. The lowest BCUT2D eigenvalue weighted by Gasteiger charge is -2.23. The Hall–Kier alpha value is -1.73. The summed E-state index contributed by atoms with van der Waals surface area (Å²) in [6, 6.07) is 16.9. The molecule has 0 bridgehead atoms. The van der Waals surface area contributed by atoms with Crippen LogP contribution in [0.1, 0.15) is 23.3 Å². The lowest BCUT2D eigenvalue weighted by molar-refractivity contribution is 0.157. The molecule has 5 nitrogen and oxygen atoms in total. The number of hydrogen-bond acceptors (Lipinski definition) is 4. The summed E-state index contributed by atoms with van der Waals surface area (Å²) in [4.78, 5) is 0. The van der Waals surface area contributed by atoms with Crippen LogP contribution in [0.5, 0.6) is 0 Å². The van der Waals surface area contributed by atoms with Crippen molar-refractivity contribution in [2.75, 3.05) is 0 Å². The van der Waals surface area contributed by atoms with Gasteiger partial charge in [-0.05, 0) is 11.1 Å². The van der Waals surface area contributed by atoms with Crippen molar-refractivity contribution in [3.8, 4) is 0 Å². The highest BCUT2D eigenvalue weighted by Crippen LogP contribution is 2.31. The van der Waals surface area contributed by atoms with Gasteiger partial charge in [-0.15, -0.1) is 0 Å². The predicted octanol–water partition coefficient (Wildman–Crippen LogP) is 2.25. The maximum atomic E-state index is 11.0. The van der Waals surface area contributed by atoms with E-state index >= 15 is 0 Å². The standard InChI is InChI=1S/C14H15NO4S/c15-13(11-7-3-1-4-8-11)14(19-20(16,17)18)12-9-5-2-6-10-12/h1-10,13-14H,15H2,(H,16,17,18)/t13-,14+/m1/s1. The van der Waals surface area contributed by atoms with Gasteiger partial charge in [-0.1, -0.05) is 60.7 Å². The molecule has 0 aliphatic heterocycles. The van der Waals surface area contributed by atoms with E-state index in [0.29, 0.717) is 11.1 Å². The summed E-state index contributed by atoms with van der Waals surface area (Å²) in [5.41, 5.74) is 7.36. The normalized spacial score (nSPS) is 14.7. The van der Waals surface area contributed by atoms with Gasteiger partial charge in [0.1, 0.15) is 6.10 Å². The Balaban J connectivity index is 2.37. The Labute approximate surface area is 118 Å². The Morgan fingerprint density at radius 1 is 0.900 bits per heavy atom. The van der Waals surface area contributed by atoms with E-state index in [-0.39, 0.29) is 0 Å². The van der Waals surface area contributed by atoms with E-state index in [2.05, 4.69) is 0 Å². The van der Waals surface area contributed by atoms with Crippen LogP contribution < -0.4 is 5.73 Å². The first-order valence-electron chi connectivity index (χ1n) is 5.98. The van der Waals surface area contributed by atoms with Crippen LogP contribution in [0.25, 0.3) is 0 Å². The molecule has 2 aromatic carbocycles. The number of hydrogen-bond donors (Lipinski definition) is 2. The molecule has 3 N–H and O–H groups in total. The average Bonchev–Trinajstić information content (AvgIpc) is 2.45. The molecular formula is C14H15NO4S. The van der Waals surface area contributed by atoms with E-state index in [0.717, 1.165) is 0 Å². The minimum absolute atomic E-state index is 0.571. The van der Waals surface area contributed by atoms with Crippen molar-refractivity contribution in [3.63, 3.8) is 0 Å². The Bertz CT molecular complexity index is 643. The van der Waals surface area contributed by atoms with Crippen LogP contribution in [0.3, 0.4) is 0 Å². The zero-order chi connectivity index (χ0) is 14.6. The number of benzene rings is 2. The molecule has 2 rings (SSSR count). The summed E-state index contributed by atoms with van der Waals surface area (Å²) in [7, 11) is -4.60. The second-order valence-electron chi connectivity index (χ2n) is 4.29. The molecule has 6 heteroatoms. The van der Waals surface area contributed by atoms with Crippen molar-refractivity contribution in [1.29, 1.82) is 0 Å². The van der Waals surface area contributed by atoms with Crippen LogP contribution >= 0.6 is 0 Å². The van der Waals surface area contributed by atoms with Crippen LogP contribution in [0.2, 0.25) is 0 Å². The summed E-state index contributed by atoms with van der Waals surface area (Å²) < 4.78 is 35.7. The third-order valence-corrected chi connectivity index (χ3v) is 3.31. The van der Waals surface area contributed by atoms with Crippen molar-refractivity contribution >= 4 is 10.4 Å². The molecular weight excluding hydrogens is 278 g/mol. The minimum atomic E-state index is -4.60. The summed E-state index contributed by atoms with van der Waals surface area (Å²) >= 11 is 0. The maximum Gasteiger partial charge on any atom is 0.398 e. The van der Waals surface area contributed by atoms with E-state index in [1.165, 1.54) is 0 Å². The molecule has 0 saturated carbocycles. The zero-order valence-corrected chi connectivity index (χ0v) is 11.4. The van der Waals surface area contributed by atoms with Gasteiger partial charge in [-0.2, -0.15) is 8.42 Å². The van der Waals surface area contributed by atoms with Crippen LogP contribution in [0, 0.1) is 0 Å². The third kappa shape index (κ3) is 3.88. The zero-order valence-electron chi connectivity index (χ0n) is 10.6. The van der Waals surface area contributed by atoms with Gasteiger partial charge < -0.3 is 5.73 Å². The van der Waals surface area contributed by atoms with Gasteiger partial charge in [-0.3, -0.25) is 4.55 Å². The molecule has 0 aliphatic carbocycles. The minimum Gasteiger partial charge on any atom is -0.321 e. The molecule has 0 aromatic heterocycles. The van der Waals surface area contributed by atoms with Gasteiger partial charge in [-0.25, -0.2) is 4.18 Å². The topological polar surface area (TPSA) is 89.6 Å². The van der Waals surface area contributed by atoms with Gasteiger partial charge in [0, 0.05) is 0 Å². The van der Waals surface area contributed by atoms with Crippen molar-refractivity contribution < 1.29 is 17.2 Å². The summed E-state index contributed by atoms with van der Waals surface area (Å²) in [6.45, 7) is 0. The summed E-state index contributed by atoms with van der Waals surface area (Å²) in [6.07, 6.45) is -0.992. The van der Waals surface area contributed by atoms with Crippen LogP contribution in [0.15, 0.2) is 60.7 Å². The fraction of sp³-hybridized carbons (Fsp3) is 0.143. The van der Waals surface area contributed by atoms with Crippen molar-refractivity contribution in [2.24, 2.45) is 5.73 Å². The van der Waals surface area contributed by atoms with E-state index < -0.39 is 22.5 Å². The number of nitrogens with two attached hydrogens (primary N) is 1. The maximum absolute atomic E-state index is 11.0. The molecule has 2 aromatic rings. The van der Waals surface area contributed by atoms with Crippen molar-refractivity contribution in [3.05, 3.63) is 71.8 Å². The predicted molar refractivity (Wildman–Crippen MR) is 75.2 cm³/mol. The fourth-order valence-electron chi connectivity index (χ4n) is 1.95. The fourth-order valence-corrected chi connectivity index (χ4v) is 2.44. The Morgan fingerprint density at radius 2 is 1.35 bits per heavy atom. The Morgan fingerprint density at radius 3 is 1.80 bits per heavy atom. The van der Waals surface area contributed by atoms with E-state index in [1.807, 2.05) is 6.07 Å². The summed E-state index contributed by atoms with van der Waals surface area (Å²) in [5, 5.41) is 0. The monoisotopic (exact) mass is 293 g/mol. The van der Waals surface area contributed by atoms with E-state index in [1.54, 1.807) is 54.6 Å². The van der Waals surface area contributed by atoms with Gasteiger partial charge in [0.2, 0.25) is 0 Å². The van der Waals surface area contributed by atoms with Gasteiger partial charge in [0.15, 0.2) is 0 Å². The van der Waals surface area contributed by atoms with Crippen LogP contribution in [0.4, 0.5) is 0 Å². The van der Waals surface area contributed by atoms with E-state index in [9.17, 15) is 8.42 Å². The van der Waals surface area contributed by atoms with Gasteiger partial charge >= 0.3 is 10.4 Å². The van der Waals surface area contributed by atoms with Crippen molar-refractivity contribution in [1.82, 2.24) is 0 Å². The molecule has 20 heavy (non-hydrogen) atoms. The first-order valence-corrected chi connectivity index (χ1v) is 7.35. The highest BCUT2D eigenvalue weighted by Gasteiger charge is 2.26. The lowest BCUT2D eigenvalue weighted by atomic mass is 9.97. The Kier molecular flexibility index (Phi) is 4.51. The van der Waals surface area contributed by atoms with Crippen LogP contribution in [-0.2, 0) is 14.6 Å². The second-order valence-corrected chi connectivity index (χ2v) is 5.34. The molecule has 0 amide bonds. The molecule has 0 fully saturated rings. The molecule has 2 atom stereocenters. The van der Waals surface area contributed by atoms with Crippen LogP contribution in [-0.4, -0.2) is 13.0 Å². The number of rotatable bonds is 5. The molecule has 106 valence electrons. The molecule has 0 radical (unpaired) electrons. The smallest absolute Gasteiger partial charge is 0.321 e. The quantitative estimate of drug-likeness (QED) is 0.825. The molecule has 0 unspecified atom stereocenters. The SMILES string of the molecule is N[C@H](c1ccccc1)[C@@H](OS(=O)(=O)O)c1ccccc1. The first-order chi connectivity index (χ1) is 9.47. The lowest BCUT2D eigenvalue weighted by Crippen LogP contribution is -2.24. The molecule has 0 heterocycles. The highest BCUT2D eigenvalue weighted by atomic mass is 32.3. The largest absolute Gasteiger partial charge is 0.398 e. The second kappa shape index (κ2) is 6.15. The molecule has 0 aliphatic rings. The molecule has 0 spiro atoms. The van der Waals surface area contributed by atoms with E-state index in [4.69, 9.17) is 14.5 Å².